The van der Waals surface area contributed by atoms with E-state index in [0.29, 0.717) is 27.9 Å². The van der Waals surface area contributed by atoms with Crippen LogP contribution in [-0.4, -0.2) is 17.7 Å². The van der Waals surface area contributed by atoms with Crippen molar-refractivity contribution in [2.24, 2.45) is 23.7 Å². The molecule has 0 aromatic heterocycles. The van der Waals surface area contributed by atoms with Crippen LogP contribution in [0, 0.1) is 23.7 Å². The number of carbonyl (C=O) groups excluding carboxylic acids is 3. The van der Waals surface area contributed by atoms with Gasteiger partial charge in [0.25, 0.3) is 5.91 Å². The molecule has 1 aliphatic heterocycles. The molecule has 3 fully saturated rings. The predicted molar refractivity (Wildman–Crippen MR) is 131 cm³/mol. The van der Waals surface area contributed by atoms with Crippen molar-refractivity contribution >= 4 is 40.7 Å². The lowest BCUT2D eigenvalue weighted by atomic mass is 9.73. The van der Waals surface area contributed by atoms with Crippen molar-refractivity contribution in [1.29, 1.82) is 0 Å². The van der Waals surface area contributed by atoms with E-state index in [-0.39, 0.29) is 41.4 Å². The predicted octanol–water partition coefficient (Wildman–Crippen LogP) is 5.52. The fourth-order valence-corrected chi connectivity index (χ4v) is 6.45. The number of nitrogens with one attached hydrogen (secondary N) is 1. The van der Waals surface area contributed by atoms with Crippen molar-refractivity contribution in [3.63, 3.8) is 0 Å². The van der Waals surface area contributed by atoms with Crippen LogP contribution in [0.1, 0.15) is 34.7 Å². The maximum absolute atomic E-state index is 13.6. The second-order valence-electron chi connectivity index (χ2n) is 9.49. The molecule has 3 aliphatic rings. The van der Waals surface area contributed by atoms with Gasteiger partial charge in [-0.25, -0.2) is 0 Å². The molecule has 1 saturated heterocycles. The van der Waals surface area contributed by atoms with E-state index in [2.05, 4.69) is 17.4 Å². The fraction of sp³-hybridized carbons (Fsp3) is 0.250. The number of fused-ring (bicyclic) bond motifs is 5. The normalized spacial score (nSPS) is 27.2. The second kappa shape index (κ2) is 8.10. The number of benzene rings is 3. The Bertz CT molecular complexity index is 1290. The number of rotatable bonds is 4. The Morgan fingerprint density at radius 2 is 1.59 bits per heavy atom. The molecular formula is C28H23ClN2O3. The summed E-state index contributed by atoms with van der Waals surface area (Å²) in [5.41, 5.74) is 2.72. The van der Waals surface area contributed by atoms with Crippen LogP contribution in [0.3, 0.4) is 0 Å². The monoisotopic (exact) mass is 470 g/mol. The molecule has 34 heavy (non-hydrogen) atoms. The molecule has 3 aromatic carbocycles. The third-order valence-electron chi connectivity index (χ3n) is 7.71. The molecule has 2 bridgehead atoms. The Balaban J connectivity index is 1.25. The molecule has 2 aliphatic carbocycles. The highest BCUT2D eigenvalue weighted by atomic mass is 35.5. The Labute approximate surface area is 202 Å². The summed E-state index contributed by atoms with van der Waals surface area (Å²) in [4.78, 5) is 41.1. The van der Waals surface area contributed by atoms with Gasteiger partial charge in [0.2, 0.25) is 11.8 Å². The number of anilines is 2. The number of halogens is 1. The standard InChI is InChI=1S/C28H23ClN2O3/c29-19-9-11-20(12-10-19)30-26(32)17-7-4-8-21(13-17)31-27(33)24-18-14-22(16-5-2-1-3-6-16)23(15-18)25(24)28(31)34/h1-13,18,22-25H,14-15H2,(H,30,32). The lowest BCUT2D eigenvalue weighted by Crippen LogP contribution is -2.33. The van der Waals surface area contributed by atoms with Crippen molar-refractivity contribution in [3.8, 4) is 0 Å². The van der Waals surface area contributed by atoms with Crippen LogP contribution in [0.25, 0.3) is 0 Å². The van der Waals surface area contributed by atoms with E-state index in [1.165, 1.54) is 10.5 Å². The van der Waals surface area contributed by atoms with E-state index in [4.69, 9.17) is 11.6 Å². The molecule has 6 heteroatoms. The van der Waals surface area contributed by atoms with Gasteiger partial charge < -0.3 is 5.32 Å². The molecule has 1 N–H and O–H groups in total. The van der Waals surface area contributed by atoms with Gasteiger partial charge in [-0.3, -0.25) is 19.3 Å². The van der Waals surface area contributed by atoms with Gasteiger partial charge in [0.05, 0.1) is 17.5 Å². The van der Waals surface area contributed by atoms with Gasteiger partial charge in [0, 0.05) is 16.3 Å². The molecule has 5 nitrogen and oxygen atoms in total. The summed E-state index contributed by atoms with van der Waals surface area (Å²) < 4.78 is 0. The summed E-state index contributed by atoms with van der Waals surface area (Å²) in [6.07, 6.45) is 1.88. The summed E-state index contributed by atoms with van der Waals surface area (Å²) in [6.45, 7) is 0. The van der Waals surface area contributed by atoms with Gasteiger partial charge in [-0.2, -0.15) is 0 Å². The SMILES string of the molecule is O=C(Nc1ccc(Cl)cc1)c1cccc(N2C(=O)C3C4CC(c5ccccc5)C(C4)C3C2=O)c1. The highest BCUT2D eigenvalue weighted by molar-refractivity contribution is 6.30. The first kappa shape index (κ1) is 21.1. The Morgan fingerprint density at radius 1 is 0.853 bits per heavy atom. The smallest absolute Gasteiger partial charge is 0.255 e. The molecule has 5 atom stereocenters. The minimum Gasteiger partial charge on any atom is -0.322 e. The number of hydrogen-bond donors (Lipinski definition) is 1. The lowest BCUT2D eigenvalue weighted by Gasteiger charge is -2.28. The van der Waals surface area contributed by atoms with E-state index in [9.17, 15) is 14.4 Å². The molecule has 6 rings (SSSR count). The summed E-state index contributed by atoms with van der Waals surface area (Å²) in [6, 6.07) is 23.9. The van der Waals surface area contributed by atoms with Gasteiger partial charge in [-0.1, -0.05) is 48.0 Å². The first-order chi connectivity index (χ1) is 16.5. The summed E-state index contributed by atoms with van der Waals surface area (Å²) in [5, 5.41) is 3.41. The molecule has 3 amide bonds. The zero-order chi connectivity index (χ0) is 23.4. The number of imide groups is 1. The van der Waals surface area contributed by atoms with Crippen molar-refractivity contribution < 1.29 is 14.4 Å². The van der Waals surface area contributed by atoms with E-state index < -0.39 is 0 Å². The lowest BCUT2D eigenvalue weighted by molar-refractivity contribution is -0.123. The van der Waals surface area contributed by atoms with Gasteiger partial charge in [-0.15, -0.1) is 0 Å². The number of hydrogen-bond acceptors (Lipinski definition) is 3. The van der Waals surface area contributed by atoms with Crippen LogP contribution < -0.4 is 10.2 Å². The third kappa shape index (κ3) is 3.34. The van der Waals surface area contributed by atoms with Crippen LogP contribution in [0.15, 0.2) is 78.9 Å². The number of carbonyl (C=O) groups is 3. The molecule has 3 aromatic rings. The summed E-state index contributed by atoms with van der Waals surface area (Å²) in [7, 11) is 0. The average molecular weight is 471 g/mol. The molecule has 0 spiro atoms. The van der Waals surface area contributed by atoms with Crippen LogP contribution in [0.5, 0.6) is 0 Å². The molecule has 170 valence electrons. The Kier molecular flexibility index (Phi) is 5.03. The molecule has 0 radical (unpaired) electrons. The van der Waals surface area contributed by atoms with E-state index in [0.717, 1.165) is 12.8 Å². The van der Waals surface area contributed by atoms with Crippen LogP contribution >= 0.6 is 11.6 Å². The van der Waals surface area contributed by atoms with Crippen LogP contribution in [0.4, 0.5) is 11.4 Å². The third-order valence-corrected chi connectivity index (χ3v) is 7.96. The van der Waals surface area contributed by atoms with Gasteiger partial charge in [0.15, 0.2) is 0 Å². The maximum atomic E-state index is 13.6. The average Bonchev–Trinajstić information content (AvgIpc) is 3.52. The van der Waals surface area contributed by atoms with Gasteiger partial charge >= 0.3 is 0 Å². The van der Waals surface area contributed by atoms with Gasteiger partial charge in [0.1, 0.15) is 0 Å². The van der Waals surface area contributed by atoms with E-state index in [1.54, 1.807) is 48.5 Å². The van der Waals surface area contributed by atoms with Crippen molar-refractivity contribution in [2.45, 2.75) is 18.8 Å². The minimum atomic E-state index is -0.312. The molecule has 5 unspecified atom stereocenters. The highest BCUT2D eigenvalue weighted by Crippen LogP contribution is 2.61. The van der Waals surface area contributed by atoms with E-state index in [1.807, 2.05) is 18.2 Å². The molecular weight excluding hydrogens is 448 g/mol. The largest absolute Gasteiger partial charge is 0.322 e. The number of amides is 3. The number of nitrogens with zero attached hydrogens (tertiary/aromatic N) is 1. The zero-order valence-electron chi connectivity index (χ0n) is 18.4. The Morgan fingerprint density at radius 3 is 2.35 bits per heavy atom. The first-order valence-corrected chi connectivity index (χ1v) is 12.0. The van der Waals surface area contributed by atoms with E-state index >= 15 is 0 Å². The Hall–Kier alpha value is -3.44. The van der Waals surface area contributed by atoms with Crippen molar-refractivity contribution in [1.82, 2.24) is 0 Å². The fourth-order valence-electron chi connectivity index (χ4n) is 6.32. The summed E-state index contributed by atoms with van der Waals surface area (Å²) in [5.74, 6) is -0.337. The van der Waals surface area contributed by atoms with Crippen molar-refractivity contribution in [3.05, 3.63) is 95.0 Å². The van der Waals surface area contributed by atoms with Crippen LogP contribution in [-0.2, 0) is 9.59 Å². The van der Waals surface area contributed by atoms with Crippen molar-refractivity contribution in [2.75, 3.05) is 10.2 Å². The topological polar surface area (TPSA) is 66.5 Å². The quantitative estimate of drug-likeness (QED) is 0.510. The van der Waals surface area contributed by atoms with Crippen LogP contribution in [0.2, 0.25) is 5.02 Å². The maximum Gasteiger partial charge on any atom is 0.255 e. The molecule has 2 saturated carbocycles. The van der Waals surface area contributed by atoms with Gasteiger partial charge in [-0.05, 0) is 78.6 Å². The second-order valence-corrected chi connectivity index (χ2v) is 9.92. The zero-order valence-corrected chi connectivity index (χ0v) is 19.1. The highest BCUT2D eigenvalue weighted by Gasteiger charge is 2.64. The minimum absolute atomic E-state index is 0.121. The summed E-state index contributed by atoms with van der Waals surface area (Å²) >= 11 is 5.91. The first-order valence-electron chi connectivity index (χ1n) is 11.6. The molecule has 1 heterocycles.